The fourth-order valence-electron chi connectivity index (χ4n) is 3.09. The van der Waals surface area contributed by atoms with Gasteiger partial charge < -0.3 is 9.52 Å². The molecule has 0 bridgehead atoms. The van der Waals surface area contributed by atoms with Crippen molar-refractivity contribution < 1.29 is 36.7 Å². The zero-order valence-corrected chi connectivity index (χ0v) is 18.1. The summed E-state index contributed by atoms with van der Waals surface area (Å²) in [4.78, 5) is 24.8. The number of nitrogens with zero attached hydrogens (tertiary/aromatic N) is 1. The van der Waals surface area contributed by atoms with Crippen LogP contribution in [0.2, 0.25) is 0 Å². The normalized spacial score (nSPS) is 15.8. The van der Waals surface area contributed by atoms with Crippen LogP contribution in [-0.4, -0.2) is 32.7 Å². The molecule has 11 heteroatoms. The summed E-state index contributed by atoms with van der Waals surface area (Å²) in [5, 5.41) is 8.65. The second-order valence-electron chi connectivity index (χ2n) is 6.93. The minimum atomic E-state index is -4.69. The summed E-state index contributed by atoms with van der Waals surface area (Å²) in [7, 11) is 0. The largest absolute Gasteiger partial charge is 0.481 e. The molecule has 0 saturated carbocycles. The molecule has 3 rings (SSSR count). The van der Waals surface area contributed by atoms with E-state index in [1.807, 2.05) is 0 Å². The van der Waals surface area contributed by atoms with Crippen molar-refractivity contribution in [3.05, 3.63) is 52.4 Å². The number of carbonyl (C=O) groups is 2. The summed E-state index contributed by atoms with van der Waals surface area (Å²) < 4.78 is 59.1. The number of rotatable bonds is 8. The lowest BCUT2D eigenvalue weighted by molar-refractivity contribution is -0.138. The van der Waals surface area contributed by atoms with E-state index >= 15 is 0 Å². The third kappa shape index (κ3) is 5.77. The lowest BCUT2D eigenvalue weighted by Gasteiger charge is -2.13. The Morgan fingerprint density at radius 2 is 1.94 bits per heavy atom. The van der Waals surface area contributed by atoms with Gasteiger partial charge in [0.05, 0.1) is 10.5 Å². The number of aliphatic carboxylic acids is 1. The number of carbonyl (C=O) groups excluding carboxylic acids is 1. The van der Waals surface area contributed by atoms with Crippen LogP contribution in [-0.2, 0) is 15.8 Å². The smallest absolute Gasteiger partial charge is 0.417 e. The molecule has 1 aromatic carbocycles. The van der Waals surface area contributed by atoms with Crippen LogP contribution in [0.15, 0.2) is 39.7 Å². The highest BCUT2D eigenvalue weighted by atomic mass is 32.2. The topological polar surface area (TPSA) is 70.8 Å². The summed E-state index contributed by atoms with van der Waals surface area (Å²) in [6.07, 6.45) is -1.56. The Hall–Kier alpha value is -2.66. The van der Waals surface area contributed by atoms with Crippen LogP contribution in [0, 0.1) is 5.82 Å². The fourth-order valence-corrected chi connectivity index (χ4v) is 4.38. The second-order valence-corrected chi connectivity index (χ2v) is 8.60. The molecule has 0 radical (unpaired) electrons. The highest BCUT2D eigenvalue weighted by molar-refractivity contribution is 8.26. The highest BCUT2D eigenvalue weighted by Gasteiger charge is 2.35. The Balaban J connectivity index is 1.73. The van der Waals surface area contributed by atoms with E-state index < -0.39 is 29.1 Å². The molecule has 32 heavy (non-hydrogen) atoms. The zero-order chi connectivity index (χ0) is 23.5. The third-order valence-corrected chi connectivity index (χ3v) is 5.98. The first-order valence-electron chi connectivity index (χ1n) is 9.50. The minimum Gasteiger partial charge on any atom is -0.481 e. The van der Waals surface area contributed by atoms with E-state index in [2.05, 4.69) is 0 Å². The molecule has 5 nitrogen and oxygen atoms in total. The van der Waals surface area contributed by atoms with Crippen LogP contribution in [0.25, 0.3) is 17.4 Å². The van der Waals surface area contributed by atoms with Gasteiger partial charge in [-0.3, -0.25) is 14.5 Å². The molecule has 1 aliphatic rings. The Morgan fingerprint density at radius 3 is 2.62 bits per heavy atom. The molecule has 0 atom stereocenters. The van der Waals surface area contributed by atoms with Gasteiger partial charge in [0.2, 0.25) is 0 Å². The predicted molar refractivity (Wildman–Crippen MR) is 115 cm³/mol. The quantitative estimate of drug-likeness (QED) is 0.215. The monoisotopic (exact) mass is 487 g/mol. The molecule has 1 aromatic heterocycles. The van der Waals surface area contributed by atoms with Crippen LogP contribution in [0.5, 0.6) is 0 Å². The number of carboxylic acid groups (broad SMARTS) is 1. The molecule has 1 amide bonds. The van der Waals surface area contributed by atoms with E-state index in [-0.39, 0.29) is 28.8 Å². The Kier molecular flexibility index (Phi) is 7.40. The lowest BCUT2D eigenvalue weighted by atomic mass is 10.0. The molecule has 170 valence electrons. The number of hydrogen-bond donors (Lipinski definition) is 1. The van der Waals surface area contributed by atoms with Gasteiger partial charge in [-0.25, -0.2) is 4.39 Å². The summed E-state index contributed by atoms with van der Waals surface area (Å²) >= 11 is 6.26. The Labute approximate surface area is 190 Å². The van der Waals surface area contributed by atoms with Crippen molar-refractivity contribution in [2.45, 2.75) is 31.9 Å². The van der Waals surface area contributed by atoms with Gasteiger partial charge >= 0.3 is 12.1 Å². The number of alkyl halides is 3. The zero-order valence-electron chi connectivity index (χ0n) is 16.4. The van der Waals surface area contributed by atoms with E-state index in [0.717, 1.165) is 23.9 Å². The number of amides is 1. The van der Waals surface area contributed by atoms with E-state index in [4.69, 9.17) is 21.7 Å². The lowest BCUT2D eigenvalue weighted by Crippen LogP contribution is -2.29. The molecule has 0 aliphatic carbocycles. The highest BCUT2D eigenvalue weighted by Crippen LogP contribution is 2.39. The molecule has 1 aliphatic heterocycles. The van der Waals surface area contributed by atoms with Crippen molar-refractivity contribution >= 4 is 46.3 Å². The van der Waals surface area contributed by atoms with Crippen LogP contribution in [0.1, 0.15) is 37.0 Å². The Morgan fingerprint density at radius 1 is 1.19 bits per heavy atom. The summed E-state index contributed by atoms with van der Waals surface area (Å²) in [5.41, 5.74) is -1.47. The van der Waals surface area contributed by atoms with E-state index in [1.54, 1.807) is 0 Å². The van der Waals surface area contributed by atoms with Gasteiger partial charge in [0.25, 0.3) is 5.91 Å². The van der Waals surface area contributed by atoms with Crippen molar-refractivity contribution in [2.75, 3.05) is 6.54 Å². The van der Waals surface area contributed by atoms with Crippen molar-refractivity contribution in [3.63, 3.8) is 0 Å². The molecular formula is C21H17F4NO4S2. The number of unbranched alkanes of at least 4 members (excludes halogenated alkanes) is 2. The van der Waals surface area contributed by atoms with E-state index in [9.17, 15) is 27.2 Å². The van der Waals surface area contributed by atoms with Gasteiger partial charge in [-0.2, -0.15) is 13.2 Å². The number of hydrogen-bond acceptors (Lipinski definition) is 5. The van der Waals surface area contributed by atoms with Crippen molar-refractivity contribution in [2.24, 2.45) is 0 Å². The maximum atomic E-state index is 13.6. The Bertz CT molecular complexity index is 1080. The van der Waals surface area contributed by atoms with Gasteiger partial charge in [-0.1, -0.05) is 30.4 Å². The molecule has 1 N–H and O–H groups in total. The first kappa shape index (κ1) is 24.0. The number of thioether (sulfide) groups is 1. The van der Waals surface area contributed by atoms with Crippen molar-refractivity contribution in [3.8, 4) is 11.3 Å². The van der Waals surface area contributed by atoms with Gasteiger partial charge in [0, 0.05) is 24.6 Å². The van der Waals surface area contributed by atoms with Crippen molar-refractivity contribution in [1.29, 1.82) is 0 Å². The number of halogens is 4. The average molecular weight is 487 g/mol. The molecule has 0 unspecified atom stereocenters. The maximum absolute atomic E-state index is 13.6. The number of furan rings is 1. The number of carboxylic acids is 1. The van der Waals surface area contributed by atoms with Crippen LogP contribution < -0.4 is 0 Å². The third-order valence-electron chi connectivity index (χ3n) is 4.60. The van der Waals surface area contributed by atoms with E-state index in [0.29, 0.717) is 36.2 Å². The van der Waals surface area contributed by atoms with Gasteiger partial charge in [-0.15, -0.1) is 0 Å². The maximum Gasteiger partial charge on any atom is 0.417 e. The molecule has 1 saturated heterocycles. The molecule has 1 fully saturated rings. The van der Waals surface area contributed by atoms with Gasteiger partial charge in [-0.05, 0) is 43.2 Å². The van der Waals surface area contributed by atoms with Gasteiger partial charge in [0.1, 0.15) is 21.7 Å². The standard InChI is InChI=1S/C21H17F4NO4S2/c22-12-5-7-15(21(23,24)25)14(10-12)16-8-6-13(30-16)11-17-19(29)26(20(31)32-17)9-3-1-2-4-18(27)28/h5-8,10-11H,1-4,9H2,(H,27,28). The summed E-state index contributed by atoms with van der Waals surface area (Å²) in [5.74, 6) is -2.14. The van der Waals surface area contributed by atoms with Gasteiger partial charge in [0.15, 0.2) is 0 Å². The first-order chi connectivity index (χ1) is 15.1. The first-order valence-corrected chi connectivity index (χ1v) is 10.7. The molecule has 2 aromatic rings. The fraction of sp³-hybridized carbons (Fsp3) is 0.286. The number of thiocarbonyl (C=S) groups is 1. The van der Waals surface area contributed by atoms with Crippen LogP contribution in [0.4, 0.5) is 17.6 Å². The SMILES string of the molecule is O=C(O)CCCCCN1C(=O)C(=Cc2ccc(-c3cc(F)ccc3C(F)(F)F)o2)SC1=S. The molecule has 0 spiro atoms. The summed E-state index contributed by atoms with van der Waals surface area (Å²) in [6.45, 7) is 0.337. The van der Waals surface area contributed by atoms with Crippen LogP contribution >= 0.6 is 24.0 Å². The van der Waals surface area contributed by atoms with Crippen LogP contribution in [0.3, 0.4) is 0 Å². The van der Waals surface area contributed by atoms with E-state index in [1.165, 1.54) is 23.1 Å². The predicted octanol–water partition coefficient (Wildman–Crippen LogP) is 5.95. The second kappa shape index (κ2) is 9.86. The minimum absolute atomic E-state index is 0.0560. The molecular weight excluding hydrogens is 470 g/mol. The summed E-state index contributed by atoms with van der Waals surface area (Å²) in [6, 6.07) is 4.78. The molecule has 2 heterocycles. The average Bonchev–Trinajstić information content (AvgIpc) is 3.26. The number of benzene rings is 1. The van der Waals surface area contributed by atoms with Crippen molar-refractivity contribution in [1.82, 2.24) is 4.90 Å².